The predicted molar refractivity (Wildman–Crippen MR) is 528 cm³/mol. The minimum absolute atomic E-state index is 0.0263. The molecule has 4 aromatic heterocycles. The molecule has 30 nitrogen and oxygen atoms in total. The molecule has 16 rings (SSSR count). The van der Waals surface area contributed by atoms with Crippen molar-refractivity contribution in [2.75, 3.05) is 128 Å². The molecule has 8 amide bonds. The van der Waals surface area contributed by atoms with Gasteiger partial charge in [-0.15, -0.1) is 0 Å². The summed E-state index contributed by atoms with van der Waals surface area (Å²) in [6.07, 6.45) is 11.6. The molecule has 0 unspecified atom stereocenters. The van der Waals surface area contributed by atoms with Crippen LogP contribution in [0.25, 0.3) is 0 Å². The molecule has 0 saturated carbocycles. The summed E-state index contributed by atoms with van der Waals surface area (Å²) in [5, 5.41) is 54.7. The lowest BCUT2D eigenvalue weighted by molar-refractivity contribution is 0.0680. The molecule has 8 heterocycles. The first kappa shape index (κ1) is 99.0. The average molecular weight is 2100 g/mol. The lowest BCUT2D eigenvalue weighted by Crippen LogP contribution is -2.47. The summed E-state index contributed by atoms with van der Waals surface area (Å²) in [5.74, 6) is -3.82. The zero-order chi connectivity index (χ0) is 96.5. The maximum atomic E-state index is 13.9. The van der Waals surface area contributed by atoms with Gasteiger partial charge in [0.25, 0.3) is 47.3 Å². The van der Waals surface area contributed by atoms with Crippen molar-refractivity contribution in [3.05, 3.63) is 351 Å². The van der Waals surface area contributed by atoms with E-state index in [1.54, 1.807) is 146 Å². The number of piperazine rings is 1. The van der Waals surface area contributed by atoms with Crippen LogP contribution in [0.2, 0.25) is 0 Å². The van der Waals surface area contributed by atoms with Gasteiger partial charge in [-0.05, 0) is 273 Å². The standard InChI is InChI=1S/C25H24BrFN6O2.C25H23BrFN5O2.C24H21BrFN5O3.C24H21BrFN5O2/c1-32-10-12-33(13-11-32)23(28)16-2-4-17(5-3-16)24(34)30-21-8-7-19(27)14-20(21)25(35)31-22-9-6-18(26)15-29-22;26-18-8-11-22(29-15-18)31-25(34)20-14-19(27)9-10-21(20)30-24(33)17-6-4-16(5-7-17)23(28)32-12-2-1-3-13-32;25-17-5-8-21(28-14-17)30-24(33)19-13-18(26)6-7-20(19)29-23(32)16-3-1-15(2-4-16)22(27)31-9-11-34-12-10-31;25-17-7-10-21(28-14-17)30-24(33)19-13-18(26)8-9-20(19)29-23(32)16-5-3-15(4-6-16)22(27)31-11-1-2-12-31/h2-9,14-15,28H,10-13H2,1H3,(H,30,34)(H,29,31,35);4-11,14-15,28H,1-3,12-13H2,(H,30,33)(H,29,31,34);1-8,13-14,27H,9-12H2,(H,29,32)(H,28,30,33);3-10,13-14,27H,1-2,11-12H2,(H,29,32)(H,28,30,33). The van der Waals surface area contributed by atoms with Gasteiger partial charge in [-0.3, -0.25) is 60.0 Å². The normalized spacial score (nSPS) is 13.4. The van der Waals surface area contributed by atoms with Gasteiger partial charge in [-0.1, -0.05) is 48.5 Å². The van der Waals surface area contributed by atoms with E-state index in [2.05, 4.69) is 138 Å². The molecule has 136 heavy (non-hydrogen) atoms. The number of rotatable bonds is 20. The molecule has 12 N–H and O–H groups in total. The Balaban J connectivity index is 0.000000153. The Labute approximate surface area is 812 Å². The number of nitrogens with zero attached hydrogens (tertiary/aromatic N) is 9. The van der Waals surface area contributed by atoms with Gasteiger partial charge < -0.3 is 71.8 Å². The largest absolute Gasteiger partial charge is 0.378 e. The summed E-state index contributed by atoms with van der Waals surface area (Å²) >= 11 is 13.1. The summed E-state index contributed by atoms with van der Waals surface area (Å²) in [6, 6.07) is 54.3. The number of nitrogens with one attached hydrogen (secondary N) is 12. The van der Waals surface area contributed by atoms with E-state index < -0.39 is 70.5 Å². The van der Waals surface area contributed by atoms with Crippen molar-refractivity contribution < 1.29 is 60.7 Å². The molecule has 4 fully saturated rings. The number of carbonyl (C=O) groups is 8. The fourth-order valence-corrected chi connectivity index (χ4v) is 15.2. The zero-order valence-electron chi connectivity index (χ0n) is 72.8. The molecule has 0 spiro atoms. The number of halogens is 8. The lowest BCUT2D eigenvalue weighted by atomic mass is 10.1. The Morgan fingerprint density at radius 2 is 0.493 bits per heavy atom. The lowest BCUT2D eigenvalue weighted by Gasteiger charge is -2.34. The number of ether oxygens (including phenoxy) is 1. The Hall–Kier alpha value is -14.4. The Kier molecular flexibility index (Phi) is 34.6. The number of pyridine rings is 4. The highest BCUT2D eigenvalue weighted by molar-refractivity contribution is 9.11. The van der Waals surface area contributed by atoms with Crippen molar-refractivity contribution >= 4 is 180 Å². The van der Waals surface area contributed by atoms with Gasteiger partial charge in [0, 0.05) is 153 Å². The minimum atomic E-state index is -0.613. The number of amidine groups is 4. The van der Waals surface area contributed by atoms with E-state index in [1.165, 1.54) is 73.7 Å². The van der Waals surface area contributed by atoms with Gasteiger partial charge in [0.1, 0.15) is 69.9 Å². The van der Waals surface area contributed by atoms with E-state index in [-0.39, 0.29) is 56.6 Å². The number of amides is 8. The Morgan fingerprint density at radius 1 is 0.272 bits per heavy atom. The van der Waals surface area contributed by atoms with Crippen LogP contribution in [0, 0.1) is 44.9 Å². The Bertz CT molecular complexity index is 6210. The molecular formula is C98H89Br4F4N21O9. The maximum absolute atomic E-state index is 13.9. The maximum Gasteiger partial charge on any atom is 0.259 e. The van der Waals surface area contributed by atoms with Crippen molar-refractivity contribution in [1.82, 2.24) is 44.4 Å². The third-order valence-corrected chi connectivity index (χ3v) is 23.6. The van der Waals surface area contributed by atoms with E-state index >= 15 is 0 Å². The number of hydrogen-bond donors (Lipinski definition) is 12. The molecule has 0 radical (unpaired) electrons. The third-order valence-electron chi connectivity index (χ3n) is 21.7. The fraction of sp³-hybridized carbons (Fsp3) is 0.184. The minimum Gasteiger partial charge on any atom is -0.378 e. The van der Waals surface area contributed by atoms with Crippen LogP contribution in [-0.4, -0.2) is 201 Å². The molecule has 0 bridgehead atoms. The fourth-order valence-electron chi connectivity index (χ4n) is 14.3. The van der Waals surface area contributed by atoms with Gasteiger partial charge in [0.2, 0.25) is 0 Å². The summed E-state index contributed by atoms with van der Waals surface area (Å²) < 4.78 is 63.9. The van der Waals surface area contributed by atoms with Crippen LogP contribution < -0.4 is 42.5 Å². The summed E-state index contributed by atoms with van der Waals surface area (Å²) in [4.78, 5) is 129. The van der Waals surface area contributed by atoms with Gasteiger partial charge in [-0.25, -0.2) is 37.5 Å². The van der Waals surface area contributed by atoms with E-state index in [0.29, 0.717) is 89.1 Å². The number of benzene rings is 8. The second kappa shape index (κ2) is 47.5. The molecule has 696 valence electrons. The number of morpholine rings is 1. The molecular weight excluding hydrogens is 2010 g/mol. The predicted octanol–water partition coefficient (Wildman–Crippen LogP) is 18.4. The first-order valence-electron chi connectivity index (χ1n) is 42.7. The highest BCUT2D eigenvalue weighted by Gasteiger charge is 2.27. The first-order valence-corrected chi connectivity index (χ1v) is 45.9. The van der Waals surface area contributed by atoms with E-state index in [1.807, 2.05) is 19.6 Å². The van der Waals surface area contributed by atoms with Crippen molar-refractivity contribution in [2.45, 2.75) is 32.1 Å². The Morgan fingerprint density at radius 3 is 0.728 bits per heavy atom. The number of likely N-dealkylation sites (N-methyl/N-ethyl adjacent to an activating group) is 1. The number of aromatic nitrogens is 4. The number of piperidine rings is 1. The van der Waals surface area contributed by atoms with Gasteiger partial charge >= 0.3 is 0 Å². The van der Waals surface area contributed by atoms with Gasteiger partial charge in [-0.2, -0.15) is 0 Å². The van der Waals surface area contributed by atoms with Crippen LogP contribution in [0.3, 0.4) is 0 Å². The third kappa shape index (κ3) is 27.6. The van der Waals surface area contributed by atoms with Gasteiger partial charge in [0.15, 0.2) is 0 Å². The van der Waals surface area contributed by atoms with E-state index in [9.17, 15) is 55.9 Å². The van der Waals surface area contributed by atoms with Crippen molar-refractivity contribution in [3.8, 4) is 0 Å². The van der Waals surface area contributed by atoms with Crippen LogP contribution >= 0.6 is 63.7 Å². The zero-order valence-corrected chi connectivity index (χ0v) is 79.2. The van der Waals surface area contributed by atoms with Crippen LogP contribution in [-0.2, 0) is 4.74 Å². The average Bonchev–Trinajstić information content (AvgIpc) is 1.02. The highest BCUT2D eigenvalue weighted by Crippen LogP contribution is 2.29. The molecule has 0 aliphatic carbocycles. The molecule has 8 aromatic carbocycles. The first-order chi connectivity index (χ1) is 65.5. The van der Waals surface area contributed by atoms with Gasteiger partial charge in [0.05, 0.1) is 58.2 Å². The number of carbonyl (C=O) groups excluding carboxylic acids is 8. The van der Waals surface area contributed by atoms with Crippen molar-refractivity contribution in [3.63, 3.8) is 0 Å². The summed E-state index contributed by atoms with van der Waals surface area (Å²) in [7, 11) is 2.06. The summed E-state index contributed by atoms with van der Waals surface area (Å²) in [6.45, 7) is 9.27. The molecule has 4 saturated heterocycles. The summed E-state index contributed by atoms with van der Waals surface area (Å²) in [5.41, 5.74) is 4.83. The smallest absolute Gasteiger partial charge is 0.259 e. The van der Waals surface area contributed by atoms with Crippen LogP contribution in [0.1, 0.15) is 137 Å². The van der Waals surface area contributed by atoms with Crippen LogP contribution in [0.5, 0.6) is 0 Å². The van der Waals surface area contributed by atoms with Crippen LogP contribution in [0.15, 0.2) is 261 Å². The van der Waals surface area contributed by atoms with E-state index in [0.717, 1.165) is 143 Å². The second-order valence-electron chi connectivity index (χ2n) is 31.2. The van der Waals surface area contributed by atoms with Crippen molar-refractivity contribution in [2.24, 2.45) is 0 Å². The highest BCUT2D eigenvalue weighted by atomic mass is 79.9. The van der Waals surface area contributed by atoms with Crippen molar-refractivity contribution in [1.29, 1.82) is 21.6 Å². The molecule has 38 heteroatoms. The second-order valence-corrected chi connectivity index (χ2v) is 34.8. The quantitative estimate of drug-likeness (QED) is 0.0192. The molecule has 4 aliphatic heterocycles. The molecule has 12 aromatic rings. The van der Waals surface area contributed by atoms with E-state index in [4.69, 9.17) is 26.4 Å². The van der Waals surface area contributed by atoms with Crippen LogP contribution in [0.4, 0.5) is 63.6 Å². The molecule has 4 aliphatic rings. The number of anilines is 8. The topological polar surface area (TPSA) is 405 Å². The SMILES string of the molecule is CN1CCN(C(=N)c2ccc(C(=O)Nc3ccc(F)cc3C(=O)Nc3ccc(Br)cn3)cc2)CC1.N=C(c1ccc(C(=O)Nc2ccc(F)cc2C(=O)Nc2ccc(Br)cn2)cc1)N1CCCC1.N=C(c1ccc(C(=O)Nc2ccc(F)cc2C(=O)Nc2ccc(Br)cn2)cc1)N1CCCCC1.N=C(c1ccc(C(=O)Nc2ccc(F)cc2C(=O)Nc2ccc(Br)cn2)cc1)N1CCOCC1. The number of hydrogen-bond acceptors (Lipinski definition) is 18. The number of likely N-dealkylation sites (tertiary alicyclic amines) is 2. The molecule has 0 atom stereocenters. The monoisotopic (exact) mass is 2100 g/mol.